The van der Waals surface area contributed by atoms with Gasteiger partial charge in [0.15, 0.2) is 0 Å². The summed E-state index contributed by atoms with van der Waals surface area (Å²) in [6.07, 6.45) is -5.08. The van der Waals surface area contributed by atoms with Crippen molar-refractivity contribution in [2.24, 2.45) is 0 Å². The number of carbonyl (C=O) groups is 1. The van der Waals surface area contributed by atoms with Crippen molar-refractivity contribution in [1.82, 2.24) is 5.32 Å². The Morgan fingerprint density at radius 1 is 1.32 bits per heavy atom. The van der Waals surface area contributed by atoms with Crippen LogP contribution in [0.1, 0.15) is 0 Å². The van der Waals surface area contributed by atoms with Crippen LogP contribution in [0, 0.1) is 0 Å². The summed E-state index contributed by atoms with van der Waals surface area (Å²) in [6.45, 7) is 2.63. The number of alkyl halides is 4. The lowest BCUT2D eigenvalue weighted by molar-refractivity contribution is -0.192. The van der Waals surface area contributed by atoms with E-state index < -0.39 is 12.1 Å². The molecule has 0 unspecified atom stereocenters. The standard InChI is InChI=1S/C11H17ClN2O.C2HF3O2/c1-15-11-4-2-3-10(9-11)14-8-7-13-6-5-12;3-2(4,5)1(6)7/h2-4,9,13-14H,5-8H2,1H3;(H,6,7). The molecule has 5 nitrogen and oxygen atoms in total. The van der Waals surface area contributed by atoms with E-state index in [0.717, 1.165) is 31.1 Å². The van der Waals surface area contributed by atoms with Crippen molar-refractivity contribution in [3.8, 4) is 5.75 Å². The van der Waals surface area contributed by atoms with Gasteiger partial charge in [-0.05, 0) is 12.1 Å². The number of halogens is 4. The molecule has 0 fully saturated rings. The minimum Gasteiger partial charge on any atom is -0.497 e. The molecule has 1 rings (SSSR count). The molecule has 0 saturated heterocycles. The normalized spacial score (nSPS) is 10.4. The van der Waals surface area contributed by atoms with Gasteiger partial charge in [-0.25, -0.2) is 4.79 Å². The van der Waals surface area contributed by atoms with Crippen LogP contribution in [0.25, 0.3) is 0 Å². The van der Waals surface area contributed by atoms with E-state index in [9.17, 15) is 13.2 Å². The van der Waals surface area contributed by atoms with Gasteiger partial charge in [0.25, 0.3) is 0 Å². The van der Waals surface area contributed by atoms with E-state index in [4.69, 9.17) is 26.2 Å². The zero-order valence-corrected chi connectivity index (χ0v) is 12.7. The van der Waals surface area contributed by atoms with Crippen molar-refractivity contribution in [3.63, 3.8) is 0 Å². The molecule has 3 N–H and O–H groups in total. The fraction of sp³-hybridized carbons (Fsp3) is 0.462. The molecule has 0 atom stereocenters. The third kappa shape index (κ3) is 10.1. The Morgan fingerprint density at radius 3 is 2.45 bits per heavy atom. The molecule has 0 radical (unpaired) electrons. The van der Waals surface area contributed by atoms with Crippen LogP contribution in [-0.4, -0.2) is 49.9 Å². The van der Waals surface area contributed by atoms with Gasteiger partial charge < -0.3 is 20.5 Å². The molecule has 22 heavy (non-hydrogen) atoms. The monoisotopic (exact) mass is 342 g/mol. The number of ether oxygens (including phenoxy) is 1. The topological polar surface area (TPSA) is 70.6 Å². The van der Waals surface area contributed by atoms with Crippen molar-refractivity contribution in [2.45, 2.75) is 6.18 Å². The minimum atomic E-state index is -5.08. The molecule has 0 amide bonds. The Kier molecular flexibility index (Phi) is 10.1. The highest BCUT2D eigenvalue weighted by Crippen LogP contribution is 2.16. The predicted molar refractivity (Wildman–Crippen MR) is 78.8 cm³/mol. The average Bonchev–Trinajstić information content (AvgIpc) is 2.47. The summed E-state index contributed by atoms with van der Waals surface area (Å²) in [7, 11) is 1.67. The lowest BCUT2D eigenvalue weighted by atomic mass is 10.3. The molecule has 0 bridgehead atoms. The van der Waals surface area contributed by atoms with Crippen LogP contribution in [0.3, 0.4) is 0 Å². The molecule has 0 aliphatic heterocycles. The van der Waals surface area contributed by atoms with E-state index in [2.05, 4.69) is 10.6 Å². The first-order chi connectivity index (χ1) is 10.3. The highest BCUT2D eigenvalue weighted by molar-refractivity contribution is 6.18. The molecule has 0 aliphatic carbocycles. The molecule has 1 aromatic carbocycles. The molecule has 9 heteroatoms. The largest absolute Gasteiger partial charge is 0.497 e. The van der Waals surface area contributed by atoms with Crippen LogP contribution >= 0.6 is 11.6 Å². The summed E-state index contributed by atoms with van der Waals surface area (Å²) in [5.41, 5.74) is 1.07. The van der Waals surface area contributed by atoms with Gasteiger partial charge in [0.2, 0.25) is 0 Å². The first-order valence-corrected chi connectivity index (χ1v) is 6.79. The second-order valence-corrected chi connectivity index (χ2v) is 4.28. The van der Waals surface area contributed by atoms with Crippen LogP contribution in [0.5, 0.6) is 5.75 Å². The van der Waals surface area contributed by atoms with Crippen LogP contribution < -0.4 is 15.4 Å². The van der Waals surface area contributed by atoms with Gasteiger partial charge in [0.1, 0.15) is 5.75 Å². The van der Waals surface area contributed by atoms with Gasteiger partial charge >= 0.3 is 12.1 Å². The fourth-order valence-electron chi connectivity index (χ4n) is 1.22. The highest BCUT2D eigenvalue weighted by Gasteiger charge is 2.38. The third-order valence-corrected chi connectivity index (χ3v) is 2.40. The first-order valence-electron chi connectivity index (χ1n) is 6.26. The second kappa shape index (κ2) is 11.0. The third-order valence-electron chi connectivity index (χ3n) is 2.21. The number of nitrogens with one attached hydrogen (secondary N) is 2. The summed E-state index contributed by atoms with van der Waals surface area (Å²) in [5, 5.41) is 13.6. The number of aliphatic carboxylic acids is 1. The summed E-state index contributed by atoms with van der Waals surface area (Å²) in [6, 6.07) is 7.88. The van der Waals surface area contributed by atoms with Crippen molar-refractivity contribution in [1.29, 1.82) is 0 Å². The van der Waals surface area contributed by atoms with Gasteiger partial charge in [-0.3, -0.25) is 0 Å². The Bertz CT molecular complexity index is 445. The quantitative estimate of drug-likeness (QED) is 0.525. The number of benzene rings is 1. The van der Waals surface area contributed by atoms with Crippen LogP contribution in [0.2, 0.25) is 0 Å². The fourth-order valence-corrected chi connectivity index (χ4v) is 1.35. The smallest absolute Gasteiger partial charge is 0.490 e. The maximum absolute atomic E-state index is 10.6. The SMILES string of the molecule is COc1cccc(NCCNCCCl)c1.O=C(O)C(F)(F)F. The Labute approximate surface area is 131 Å². The summed E-state index contributed by atoms with van der Waals surface area (Å²) < 4.78 is 36.9. The number of rotatable bonds is 7. The van der Waals surface area contributed by atoms with Crippen molar-refractivity contribution >= 4 is 23.3 Å². The van der Waals surface area contributed by atoms with Crippen LogP contribution in [0.15, 0.2) is 24.3 Å². The molecule has 0 heterocycles. The van der Waals surface area contributed by atoms with Gasteiger partial charge in [-0.1, -0.05) is 6.07 Å². The molecular formula is C13H18ClF3N2O3. The van der Waals surface area contributed by atoms with Crippen molar-refractivity contribution < 1.29 is 27.8 Å². The molecule has 0 aromatic heterocycles. The number of carboxylic acids is 1. The maximum Gasteiger partial charge on any atom is 0.490 e. The van der Waals surface area contributed by atoms with E-state index in [-0.39, 0.29) is 0 Å². The number of methoxy groups -OCH3 is 1. The Morgan fingerprint density at radius 2 is 1.95 bits per heavy atom. The number of hydrogen-bond acceptors (Lipinski definition) is 4. The second-order valence-electron chi connectivity index (χ2n) is 3.90. The molecule has 1 aromatic rings. The Balaban J connectivity index is 0.000000534. The lowest BCUT2D eigenvalue weighted by Crippen LogP contribution is -2.23. The first kappa shape index (κ1) is 20.3. The lowest BCUT2D eigenvalue weighted by Gasteiger charge is -2.08. The van der Waals surface area contributed by atoms with Crippen LogP contribution in [-0.2, 0) is 4.79 Å². The van der Waals surface area contributed by atoms with Crippen LogP contribution in [0.4, 0.5) is 18.9 Å². The van der Waals surface area contributed by atoms with E-state index in [0.29, 0.717) is 5.88 Å². The van der Waals surface area contributed by atoms with E-state index >= 15 is 0 Å². The number of carboxylic acid groups (broad SMARTS) is 1. The average molecular weight is 343 g/mol. The van der Waals surface area contributed by atoms with Crippen molar-refractivity contribution in [2.75, 3.05) is 37.9 Å². The number of hydrogen-bond donors (Lipinski definition) is 3. The predicted octanol–water partition coefficient (Wildman–Crippen LogP) is 2.57. The molecule has 0 saturated carbocycles. The molecule has 0 spiro atoms. The van der Waals surface area contributed by atoms with Gasteiger partial charge in [-0.15, -0.1) is 11.6 Å². The summed E-state index contributed by atoms with van der Waals surface area (Å²) >= 11 is 5.54. The molecular weight excluding hydrogens is 325 g/mol. The summed E-state index contributed by atoms with van der Waals surface area (Å²) in [4.78, 5) is 8.90. The maximum atomic E-state index is 10.6. The Hall–Kier alpha value is -1.67. The minimum absolute atomic E-state index is 0.652. The van der Waals surface area contributed by atoms with E-state index in [1.165, 1.54) is 0 Å². The molecule has 126 valence electrons. The molecule has 0 aliphatic rings. The van der Waals surface area contributed by atoms with Gasteiger partial charge in [-0.2, -0.15) is 13.2 Å². The zero-order chi connectivity index (χ0) is 17.0. The van der Waals surface area contributed by atoms with Crippen molar-refractivity contribution in [3.05, 3.63) is 24.3 Å². The van der Waals surface area contributed by atoms with E-state index in [1.54, 1.807) is 7.11 Å². The van der Waals surface area contributed by atoms with Gasteiger partial charge in [0, 0.05) is 37.3 Å². The zero-order valence-electron chi connectivity index (χ0n) is 11.9. The van der Waals surface area contributed by atoms with E-state index in [1.807, 2.05) is 24.3 Å². The van der Waals surface area contributed by atoms with Gasteiger partial charge in [0.05, 0.1) is 7.11 Å². The highest BCUT2D eigenvalue weighted by atomic mass is 35.5. The number of anilines is 1. The summed E-state index contributed by atoms with van der Waals surface area (Å²) in [5.74, 6) is -1.24.